The average Bonchev–Trinajstić information content (AvgIpc) is 3.08. The molecule has 178 valence electrons. The van der Waals surface area contributed by atoms with Crippen molar-refractivity contribution in [2.75, 3.05) is 13.6 Å². The van der Waals surface area contributed by atoms with Gasteiger partial charge in [0.1, 0.15) is 11.3 Å². The zero-order valence-electron chi connectivity index (χ0n) is 20.3. The van der Waals surface area contributed by atoms with Gasteiger partial charge >= 0.3 is 6.09 Å². The third kappa shape index (κ3) is 6.43. The Bertz CT molecular complexity index is 826. The van der Waals surface area contributed by atoms with Crippen molar-refractivity contribution < 1.29 is 19.1 Å². The molecule has 0 fully saturated rings. The van der Waals surface area contributed by atoms with Gasteiger partial charge in [-0.3, -0.25) is 24.8 Å². The van der Waals surface area contributed by atoms with Gasteiger partial charge in [0.25, 0.3) is 0 Å². The number of fused-ring (bicyclic) bond motifs is 1. The summed E-state index contributed by atoms with van der Waals surface area (Å²) in [7, 11) is 1.72. The molecule has 1 aromatic rings. The van der Waals surface area contributed by atoms with Crippen molar-refractivity contribution in [2.45, 2.75) is 78.4 Å². The SMILES string of the molecule is CC(C)N(C(=O)OC(C)(C)C)C(C)(CC(=O)N(C)N1Cc2ccccc2C1)NCC(N)=O. The van der Waals surface area contributed by atoms with E-state index in [1.165, 1.54) is 16.0 Å². The second-order valence-corrected chi connectivity index (χ2v) is 9.72. The van der Waals surface area contributed by atoms with Crippen LogP contribution < -0.4 is 11.1 Å². The van der Waals surface area contributed by atoms with Crippen molar-refractivity contribution >= 4 is 17.9 Å². The summed E-state index contributed by atoms with van der Waals surface area (Å²) in [4.78, 5) is 39.4. The third-order valence-electron chi connectivity index (χ3n) is 5.39. The third-order valence-corrected chi connectivity index (χ3v) is 5.39. The molecule has 0 aromatic heterocycles. The van der Waals surface area contributed by atoms with Crippen LogP contribution in [0.2, 0.25) is 0 Å². The molecular formula is C23H37N5O4. The molecule has 0 spiro atoms. The minimum absolute atomic E-state index is 0.0684. The summed E-state index contributed by atoms with van der Waals surface area (Å²) in [5, 5.41) is 6.56. The lowest BCUT2D eigenvalue weighted by Gasteiger charge is -2.45. The van der Waals surface area contributed by atoms with Crippen molar-refractivity contribution in [2.24, 2.45) is 5.73 Å². The number of carbonyl (C=O) groups is 3. The molecule has 1 aromatic carbocycles. The van der Waals surface area contributed by atoms with Gasteiger partial charge < -0.3 is 10.5 Å². The van der Waals surface area contributed by atoms with Crippen LogP contribution in [0.5, 0.6) is 0 Å². The average molecular weight is 448 g/mol. The number of benzene rings is 1. The molecule has 0 saturated heterocycles. The summed E-state index contributed by atoms with van der Waals surface area (Å²) in [6.45, 7) is 11.8. The van der Waals surface area contributed by atoms with E-state index in [9.17, 15) is 14.4 Å². The molecule has 1 atom stereocenters. The van der Waals surface area contributed by atoms with Crippen LogP contribution in [-0.4, -0.2) is 63.7 Å². The molecule has 0 aliphatic carbocycles. The van der Waals surface area contributed by atoms with Crippen molar-refractivity contribution in [3.8, 4) is 0 Å². The largest absolute Gasteiger partial charge is 0.444 e. The molecule has 9 heteroatoms. The Hall–Kier alpha value is -2.65. The first-order valence-corrected chi connectivity index (χ1v) is 10.9. The highest BCUT2D eigenvalue weighted by atomic mass is 16.6. The van der Waals surface area contributed by atoms with Crippen LogP contribution in [-0.2, 0) is 27.4 Å². The van der Waals surface area contributed by atoms with Crippen molar-refractivity contribution in [1.82, 2.24) is 20.2 Å². The standard InChI is InChI=1S/C23H37N5O4/c1-16(2)28(21(31)32-22(3,4)5)23(6,25-13-19(24)29)12-20(30)26(7)27-14-17-10-8-9-11-18(17)15-27/h8-11,16,25H,12-15H2,1-7H3,(H2,24,29). The number of nitrogens with zero attached hydrogens (tertiary/aromatic N) is 3. The van der Waals surface area contributed by atoms with E-state index in [1.54, 1.807) is 39.8 Å². The number of carbonyl (C=O) groups excluding carboxylic acids is 3. The molecule has 32 heavy (non-hydrogen) atoms. The van der Waals surface area contributed by atoms with Gasteiger partial charge in [0, 0.05) is 26.2 Å². The van der Waals surface area contributed by atoms with Crippen LogP contribution in [0.4, 0.5) is 4.79 Å². The quantitative estimate of drug-likeness (QED) is 0.592. The number of ether oxygens (including phenoxy) is 1. The van der Waals surface area contributed by atoms with Crippen LogP contribution in [0.15, 0.2) is 24.3 Å². The van der Waals surface area contributed by atoms with Crippen molar-refractivity contribution in [1.29, 1.82) is 0 Å². The predicted octanol–water partition coefficient (Wildman–Crippen LogP) is 2.20. The van der Waals surface area contributed by atoms with Gasteiger partial charge in [-0.15, -0.1) is 0 Å². The van der Waals surface area contributed by atoms with E-state index < -0.39 is 23.3 Å². The van der Waals surface area contributed by atoms with Crippen molar-refractivity contribution in [3.63, 3.8) is 0 Å². The molecule has 0 bridgehead atoms. The number of hydrazine groups is 1. The Morgan fingerprint density at radius 1 is 1.12 bits per heavy atom. The van der Waals surface area contributed by atoms with Gasteiger partial charge in [0.2, 0.25) is 11.8 Å². The number of nitrogens with one attached hydrogen (secondary N) is 1. The Morgan fingerprint density at radius 2 is 1.66 bits per heavy atom. The molecule has 3 N–H and O–H groups in total. The van der Waals surface area contributed by atoms with E-state index >= 15 is 0 Å². The Morgan fingerprint density at radius 3 is 2.09 bits per heavy atom. The summed E-state index contributed by atoms with van der Waals surface area (Å²) in [6, 6.07) is 7.76. The maximum Gasteiger partial charge on any atom is 0.412 e. The first kappa shape index (κ1) is 25.6. The van der Waals surface area contributed by atoms with Gasteiger partial charge in [0.05, 0.1) is 13.0 Å². The summed E-state index contributed by atoms with van der Waals surface area (Å²) < 4.78 is 5.59. The van der Waals surface area contributed by atoms with Crippen LogP contribution in [0.3, 0.4) is 0 Å². The lowest BCUT2D eigenvalue weighted by molar-refractivity contribution is -0.151. The first-order chi connectivity index (χ1) is 14.7. The fraction of sp³-hybridized carbons (Fsp3) is 0.609. The molecule has 3 amide bonds. The zero-order chi connectivity index (χ0) is 24.3. The minimum Gasteiger partial charge on any atom is -0.444 e. The fourth-order valence-corrected chi connectivity index (χ4v) is 3.90. The molecule has 1 aliphatic rings. The van der Waals surface area contributed by atoms with E-state index in [1.807, 2.05) is 31.0 Å². The van der Waals surface area contributed by atoms with Crippen LogP contribution in [0.1, 0.15) is 59.1 Å². The van der Waals surface area contributed by atoms with E-state index in [-0.39, 0.29) is 24.9 Å². The summed E-state index contributed by atoms with van der Waals surface area (Å²) in [5.74, 6) is -0.786. The van der Waals surface area contributed by atoms with E-state index in [4.69, 9.17) is 10.5 Å². The summed E-state index contributed by atoms with van der Waals surface area (Å²) in [6.07, 6.45) is -0.642. The number of primary amides is 1. The molecule has 0 saturated carbocycles. The van der Waals surface area contributed by atoms with E-state index in [0.29, 0.717) is 13.1 Å². The molecule has 1 unspecified atom stereocenters. The summed E-state index contributed by atoms with van der Waals surface area (Å²) >= 11 is 0. The number of rotatable bonds is 8. The molecule has 1 heterocycles. The Kier molecular flexibility index (Phi) is 7.90. The van der Waals surface area contributed by atoms with Crippen LogP contribution >= 0.6 is 0 Å². The smallest absolute Gasteiger partial charge is 0.412 e. The number of nitrogens with two attached hydrogens (primary N) is 1. The second kappa shape index (κ2) is 9.87. The van der Waals surface area contributed by atoms with Gasteiger partial charge in [-0.25, -0.2) is 9.80 Å². The Labute approximate surface area is 190 Å². The maximum absolute atomic E-state index is 13.3. The van der Waals surface area contributed by atoms with E-state index in [0.717, 1.165) is 0 Å². The number of hydrogen-bond donors (Lipinski definition) is 2. The van der Waals surface area contributed by atoms with Gasteiger partial charge in [-0.05, 0) is 52.7 Å². The molecule has 0 radical (unpaired) electrons. The van der Waals surface area contributed by atoms with Crippen LogP contribution in [0, 0.1) is 0 Å². The topological polar surface area (TPSA) is 108 Å². The molecule has 2 rings (SSSR count). The minimum atomic E-state index is -1.19. The highest BCUT2D eigenvalue weighted by Gasteiger charge is 2.42. The summed E-state index contributed by atoms with van der Waals surface area (Å²) in [5.41, 5.74) is 5.81. The second-order valence-electron chi connectivity index (χ2n) is 9.72. The lowest BCUT2D eigenvalue weighted by Crippen LogP contribution is -2.64. The lowest BCUT2D eigenvalue weighted by atomic mass is 10.0. The monoisotopic (exact) mass is 447 g/mol. The normalized spacial score (nSPS) is 15.8. The number of hydrogen-bond acceptors (Lipinski definition) is 6. The predicted molar refractivity (Wildman–Crippen MR) is 122 cm³/mol. The fourth-order valence-electron chi connectivity index (χ4n) is 3.90. The van der Waals surface area contributed by atoms with E-state index in [2.05, 4.69) is 17.4 Å². The van der Waals surface area contributed by atoms with Gasteiger partial charge in [0.15, 0.2) is 0 Å². The number of amides is 3. The highest BCUT2D eigenvalue weighted by molar-refractivity contribution is 5.79. The maximum atomic E-state index is 13.3. The van der Waals surface area contributed by atoms with Crippen LogP contribution in [0.25, 0.3) is 0 Å². The van der Waals surface area contributed by atoms with Gasteiger partial charge in [-0.2, -0.15) is 0 Å². The van der Waals surface area contributed by atoms with Crippen molar-refractivity contribution in [3.05, 3.63) is 35.4 Å². The highest BCUT2D eigenvalue weighted by Crippen LogP contribution is 2.27. The first-order valence-electron chi connectivity index (χ1n) is 10.9. The molecular weight excluding hydrogens is 410 g/mol. The Balaban J connectivity index is 2.24. The molecule has 1 aliphatic heterocycles. The molecule has 9 nitrogen and oxygen atoms in total. The van der Waals surface area contributed by atoms with Gasteiger partial charge in [-0.1, -0.05) is 24.3 Å². The zero-order valence-corrected chi connectivity index (χ0v) is 20.3.